The van der Waals surface area contributed by atoms with Gasteiger partial charge >= 0.3 is 5.69 Å². The SMILES string of the molecule is Cc1cn([C@@H]2CO[C@H](CCO)C2)c(=O)[nH]c1=O. The van der Waals surface area contributed by atoms with E-state index in [1.165, 1.54) is 4.57 Å². The van der Waals surface area contributed by atoms with Crippen molar-refractivity contribution >= 4 is 0 Å². The largest absolute Gasteiger partial charge is 0.396 e. The Morgan fingerprint density at radius 2 is 2.35 bits per heavy atom. The molecule has 0 amide bonds. The Hall–Kier alpha value is -1.40. The molecule has 2 atom stereocenters. The molecule has 0 spiro atoms. The van der Waals surface area contributed by atoms with E-state index >= 15 is 0 Å². The quantitative estimate of drug-likeness (QED) is 0.750. The fourth-order valence-corrected chi connectivity index (χ4v) is 2.08. The van der Waals surface area contributed by atoms with Gasteiger partial charge in [0, 0.05) is 18.4 Å². The maximum atomic E-state index is 11.6. The Balaban J connectivity index is 2.22. The molecule has 94 valence electrons. The van der Waals surface area contributed by atoms with E-state index in [0.717, 1.165) is 0 Å². The molecule has 0 radical (unpaired) electrons. The average molecular weight is 240 g/mol. The number of H-pyrrole nitrogens is 1. The number of aryl methyl sites for hydroxylation is 1. The molecular formula is C11H16N2O4. The van der Waals surface area contributed by atoms with Crippen LogP contribution in [-0.4, -0.2) is 34.0 Å². The smallest absolute Gasteiger partial charge is 0.328 e. The topological polar surface area (TPSA) is 84.3 Å². The third-order valence-corrected chi connectivity index (χ3v) is 3.05. The highest BCUT2D eigenvalue weighted by atomic mass is 16.5. The number of aliphatic hydroxyl groups is 1. The van der Waals surface area contributed by atoms with Gasteiger partial charge in [-0.15, -0.1) is 0 Å². The number of aromatic nitrogens is 2. The Morgan fingerprint density at radius 3 is 3.06 bits per heavy atom. The molecular weight excluding hydrogens is 224 g/mol. The van der Waals surface area contributed by atoms with Gasteiger partial charge in [0.05, 0.1) is 18.8 Å². The van der Waals surface area contributed by atoms with Gasteiger partial charge in [0.15, 0.2) is 0 Å². The van der Waals surface area contributed by atoms with Crippen LogP contribution >= 0.6 is 0 Å². The lowest BCUT2D eigenvalue weighted by Gasteiger charge is -2.12. The third-order valence-electron chi connectivity index (χ3n) is 3.05. The Morgan fingerprint density at radius 1 is 1.59 bits per heavy atom. The standard InChI is InChI=1S/C11H16N2O4/c1-7-5-13(11(16)12-10(7)15)8-4-9(2-3-14)17-6-8/h5,8-9,14H,2-4,6H2,1H3,(H,12,15,16)/t8-,9+/m0/s1. The molecule has 0 saturated carbocycles. The number of rotatable bonds is 3. The zero-order chi connectivity index (χ0) is 12.4. The Kier molecular flexibility index (Phi) is 3.44. The van der Waals surface area contributed by atoms with Gasteiger partial charge in [-0.2, -0.15) is 0 Å². The van der Waals surface area contributed by atoms with Crippen molar-refractivity contribution in [3.05, 3.63) is 32.6 Å². The van der Waals surface area contributed by atoms with Crippen LogP contribution in [0.5, 0.6) is 0 Å². The number of hydrogen-bond donors (Lipinski definition) is 2. The van der Waals surface area contributed by atoms with E-state index in [1.807, 2.05) is 0 Å². The molecule has 1 aliphatic heterocycles. The van der Waals surface area contributed by atoms with Gasteiger partial charge in [0.2, 0.25) is 0 Å². The highest BCUT2D eigenvalue weighted by Crippen LogP contribution is 2.24. The molecule has 1 aliphatic rings. The van der Waals surface area contributed by atoms with Crippen molar-refractivity contribution in [1.29, 1.82) is 0 Å². The van der Waals surface area contributed by atoms with Crippen LogP contribution in [0.4, 0.5) is 0 Å². The van der Waals surface area contributed by atoms with Gasteiger partial charge in [0.1, 0.15) is 0 Å². The summed E-state index contributed by atoms with van der Waals surface area (Å²) in [5.74, 6) is 0. The minimum atomic E-state index is -0.404. The fourth-order valence-electron chi connectivity index (χ4n) is 2.08. The number of aliphatic hydroxyl groups excluding tert-OH is 1. The molecule has 1 aromatic heterocycles. The normalized spacial score (nSPS) is 24.1. The van der Waals surface area contributed by atoms with Crippen LogP contribution < -0.4 is 11.2 Å². The molecule has 0 unspecified atom stereocenters. The summed E-state index contributed by atoms with van der Waals surface area (Å²) in [4.78, 5) is 25.2. The Bertz CT molecular complexity index is 505. The first-order valence-electron chi connectivity index (χ1n) is 5.66. The highest BCUT2D eigenvalue weighted by molar-refractivity contribution is 5.02. The second-order valence-corrected chi connectivity index (χ2v) is 4.34. The van der Waals surface area contributed by atoms with Crippen molar-refractivity contribution in [2.24, 2.45) is 0 Å². The predicted octanol–water partition coefficient (Wildman–Crippen LogP) is -0.443. The third kappa shape index (κ3) is 2.48. The first-order valence-corrected chi connectivity index (χ1v) is 5.66. The van der Waals surface area contributed by atoms with E-state index in [1.54, 1.807) is 13.1 Å². The van der Waals surface area contributed by atoms with Crippen LogP contribution in [0.25, 0.3) is 0 Å². The molecule has 2 rings (SSSR count). The van der Waals surface area contributed by atoms with Gasteiger partial charge in [-0.3, -0.25) is 14.3 Å². The molecule has 17 heavy (non-hydrogen) atoms. The zero-order valence-electron chi connectivity index (χ0n) is 9.68. The molecule has 2 N–H and O–H groups in total. The minimum absolute atomic E-state index is 0.0101. The molecule has 6 heteroatoms. The van der Waals surface area contributed by atoms with Gasteiger partial charge in [-0.05, 0) is 19.8 Å². The maximum absolute atomic E-state index is 11.6. The monoisotopic (exact) mass is 240 g/mol. The van der Waals surface area contributed by atoms with E-state index in [4.69, 9.17) is 9.84 Å². The van der Waals surface area contributed by atoms with E-state index in [0.29, 0.717) is 25.0 Å². The van der Waals surface area contributed by atoms with Crippen molar-refractivity contribution in [3.63, 3.8) is 0 Å². The van der Waals surface area contributed by atoms with Crippen LogP contribution in [0.1, 0.15) is 24.4 Å². The Labute approximate surface area is 97.9 Å². The second kappa shape index (κ2) is 4.85. The van der Waals surface area contributed by atoms with Crippen LogP contribution in [0.15, 0.2) is 15.8 Å². The van der Waals surface area contributed by atoms with Crippen LogP contribution in [0.3, 0.4) is 0 Å². The van der Waals surface area contributed by atoms with Crippen LogP contribution in [-0.2, 0) is 4.74 Å². The summed E-state index contributed by atoms with van der Waals surface area (Å²) in [6.07, 6.45) is 2.82. The lowest BCUT2D eigenvalue weighted by atomic mass is 10.1. The lowest BCUT2D eigenvalue weighted by molar-refractivity contribution is 0.0841. The van der Waals surface area contributed by atoms with Gasteiger partial charge in [-0.25, -0.2) is 4.79 Å². The van der Waals surface area contributed by atoms with Gasteiger partial charge < -0.3 is 9.84 Å². The number of nitrogens with zero attached hydrogens (tertiary/aromatic N) is 1. The number of nitrogens with one attached hydrogen (secondary N) is 1. The summed E-state index contributed by atoms with van der Waals surface area (Å²) in [6.45, 7) is 2.18. The van der Waals surface area contributed by atoms with E-state index in [9.17, 15) is 9.59 Å². The molecule has 1 saturated heterocycles. The highest BCUT2D eigenvalue weighted by Gasteiger charge is 2.27. The van der Waals surface area contributed by atoms with Crippen LogP contribution in [0, 0.1) is 6.92 Å². The van der Waals surface area contributed by atoms with Crippen molar-refractivity contribution < 1.29 is 9.84 Å². The number of aromatic amines is 1. The summed E-state index contributed by atoms with van der Waals surface area (Å²) in [7, 11) is 0. The number of hydrogen-bond acceptors (Lipinski definition) is 4. The summed E-state index contributed by atoms with van der Waals surface area (Å²) in [6, 6.07) is -0.0606. The zero-order valence-corrected chi connectivity index (χ0v) is 9.68. The summed E-state index contributed by atoms with van der Waals surface area (Å²) >= 11 is 0. The number of ether oxygens (including phenoxy) is 1. The van der Waals surface area contributed by atoms with Crippen LogP contribution in [0.2, 0.25) is 0 Å². The fraction of sp³-hybridized carbons (Fsp3) is 0.636. The molecule has 6 nitrogen and oxygen atoms in total. The minimum Gasteiger partial charge on any atom is -0.396 e. The van der Waals surface area contributed by atoms with E-state index in [-0.39, 0.29) is 24.3 Å². The molecule has 0 bridgehead atoms. The van der Waals surface area contributed by atoms with Gasteiger partial charge in [-0.1, -0.05) is 0 Å². The van der Waals surface area contributed by atoms with Crippen molar-refractivity contribution in [1.82, 2.24) is 9.55 Å². The summed E-state index contributed by atoms with van der Waals surface area (Å²) < 4.78 is 6.98. The molecule has 1 fully saturated rings. The molecule has 1 aromatic rings. The molecule has 2 heterocycles. The lowest BCUT2D eigenvalue weighted by Crippen LogP contribution is -2.33. The van der Waals surface area contributed by atoms with Gasteiger partial charge in [0.25, 0.3) is 5.56 Å². The summed E-state index contributed by atoms with van der Waals surface area (Å²) in [5, 5.41) is 8.82. The van der Waals surface area contributed by atoms with E-state index in [2.05, 4.69) is 4.98 Å². The average Bonchev–Trinajstić information content (AvgIpc) is 2.72. The summed E-state index contributed by atoms with van der Waals surface area (Å²) in [5.41, 5.74) is -0.244. The van der Waals surface area contributed by atoms with Crippen molar-refractivity contribution in [2.45, 2.75) is 31.9 Å². The maximum Gasteiger partial charge on any atom is 0.328 e. The molecule has 0 aliphatic carbocycles. The second-order valence-electron chi connectivity index (χ2n) is 4.34. The predicted molar refractivity (Wildman–Crippen MR) is 61.2 cm³/mol. The van der Waals surface area contributed by atoms with E-state index < -0.39 is 5.69 Å². The van der Waals surface area contributed by atoms with Crippen molar-refractivity contribution in [3.8, 4) is 0 Å². The van der Waals surface area contributed by atoms with Crippen molar-refractivity contribution in [2.75, 3.05) is 13.2 Å². The first-order chi connectivity index (χ1) is 8.11. The first kappa shape index (κ1) is 12.1. The molecule has 0 aromatic carbocycles.